The lowest BCUT2D eigenvalue weighted by Crippen LogP contribution is -2.45. The molecule has 0 aliphatic rings. The number of amides is 1. The van der Waals surface area contributed by atoms with Crippen LogP contribution in [0.4, 0.5) is 0 Å². The molecule has 0 saturated carbocycles. The second kappa shape index (κ2) is 9.69. The maximum Gasteiger partial charge on any atom is 0.328 e. The normalized spacial score (nSPS) is 11.4. The Kier molecular flexibility index (Phi) is 7.29. The number of halogens is 1. The number of rotatable bonds is 8. The van der Waals surface area contributed by atoms with Crippen molar-refractivity contribution in [2.75, 3.05) is 13.2 Å². The topological polar surface area (TPSA) is 64.6 Å². The van der Waals surface area contributed by atoms with Gasteiger partial charge >= 0.3 is 5.97 Å². The highest BCUT2D eigenvalue weighted by atomic mass is 35.5. The zero-order valence-electron chi connectivity index (χ0n) is 13.9. The molecule has 0 aromatic heterocycles. The first-order valence-corrected chi connectivity index (χ1v) is 8.34. The van der Waals surface area contributed by atoms with Crippen LogP contribution in [0.2, 0.25) is 5.02 Å². The zero-order chi connectivity index (χ0) is 18.1. The molecule has 1 unspecified atom stereocenters. The molecule has 1 atom stereocenters. The van der Waals surface area contributed by atoms with Crippen molar-refractivity contribution in [2.24, 2.45) is 0 Å². The largest absolute Gasteiger partial charge is 0.484 e. The number of hydrogen-bond acceptors (Lipinski definition) is 4. The van der Waals surface area contributed by atoms with Crippen molar-refractivity contribution in [2.45, 2.75) is 19.4 Å². The van der Waals surface area contributed by atoms with E-state index in [4.69, 9.17) is 21.1 Å². The highest BCUT2D eigenvalue weighted by molar-refractivity contribution is 6.30. The maximum atomic E-state index is 12.1. The standard InChI is InChI=1S/C19H20ClNO4/c1-2-24-19(23)17(11-14-7-4-3-5-8-14)21-18(22)13-25-16-10-6-9-15(20)12-16/h3-10,12,17H,2,11,13H2,1H3,(H,21,22). The minimum absolute atomic E-state index is 0.217. The van der Waals surface area contributed by atoms with Crippen molar-refractivity contribution in [3.05, 3.63) is 65.2 Å². The van der Waals surface area contributed by atoms with Crippen molar-refractivity contribution >= 4 is 23.5 Å². The van der Waals surface area contributed by atoms with Crippen LogP contribution in [0.25, 0.3) is 0 Å². The van der Waals surface area contributed by atoms with Gasteiger partial charge in [0.15, 0.2) is 6.61 Å². The van der Waals surface area contributed by atoms with Crippen molar-refractivity contribution in [3.63, 3.8) is 0 Å². The summed E-state index contributed by atoms with van der Waals surface area (Å²) >= 11 is 5.87. The van der Waals surface area contributed by atoms with Gasteiger partial charge in [0, 0.05) is 11.4 Å². The SMILES string of the molecule is CCOC(=O)C(Cc1ccccc1)NC(=O)COc1cccc(Cl)c1. The third kappa shape index (κ3) is 6.47. The van der Waals surface area contributed by atoms with Crippen LogP contribution in [-0.2, 0) is 20.7 Å². The molecule has 2 aromatic carbocycles. The lowest BCUT2D eigenvalue weighted by molar-refractivity contribution is -0.147. The molecule has 132 valence electrons. The molecule has 5 nitrogen and oxygen atoms in total. The first-order chi connectivity index (χ1) is 12.1. The summed E-state index contributed by atoms with van der Waals surface area (Å²) in [4.78, 5) is 24.2. The molecule has 25 heavy (non-hydrogen) atoms. The van der Waals surface area contributed by atoms with Gasteiger partial charge in [0.05, 0.1) is 6.61 Å². The summed E-state index contributed by atoms with van der Waals surface area (Å²) in [5, 5.41) is 3.18. The molecule has 0 heterocycles. The average molecular weight is 362 g/mol. The van der Waals surface area contributed by atoms with Gasteiger partial charge in [-0.3, -0.25) is 4.79 Å². The van der Waals surface area contributed by atoms with Crippen molar-refractivity contribution < 1.29 is 19.1 Å². The number of hydrogen-bond donors (Lipinski definition) is 1. The van der Waals surface area contributed by atoms with Crippen molar-refractivity contribution in [3.8, 4) is 5.75 Å². The van der Waals surface area contributed by atoms with E-state index in [1.165, 1.54) is 0 Å². The zero-order valence-corrected chi connectivity index (χ0v) is 14.7. The molecule has 6 heteroatoms. The summed E-state index contributed by atoms with van der Waals surface area (Å²) in [6, 6.07) is 15.4. The van der Waals surface area contributed by atoms with Gasteiger partial charge in [-0.15, -0.1) is 0 Å². The highest BCUT2D eigenvalue weighted by Gasteiger charge is 2.22. The Balaban J connectivity index is 1.95. The molecule has 0 aliphatic heterocycles. The first kappa shape index (κ1) is 18.8. The third-order valence-electron chi connectivity index (χ3n) is 3.35. The predicted octanol–water partition coefficient (Wildman–Crippen LogP) is 3.01. The molecule has 0 radical (unpaired) electrons. The minimum atomic E-state index is -0.766. The van der Waals surface area contributed by atoms with Gasteiger partial charge in [-0.05, 0) is 30.7 Å². The summed E-state index contributed by atoms with van der Waals surface area (Å²) in [7, 11) is 0. The Morgan fingerprint density at radius 3 is 2.56 bits per heavy atom. The van der Waals surface area contributed by atoms with E-state index in [0.717, 1.165) is 5.56 Å². The first-order valence-electron chi connectivity index (χ1n) is 7.96. The van der Waals surface area contributed by atoms with E-state index in [1.807, 2.05) is 30.3 Å². The fraction of sp³-hybridized carbons (Fsp3) is 0.263. The second-order valence-corrected chi connectivity index (χ2v) is 5.74. The molecule has 1 amide bonds. The van der Waals surface area contributed by atoms with Gasteiger partial charge in [0.25, 0.3) is 5.91 Å². The van der Waals surface area contributed by atoms with Gasteiger partial charge < -0.3 is 14.8 Å². The summed E-state index contributed by atoms with van der Waals surface area (Å²) < 4.78 is 10.4. The van der Waals surface area contributed by atoms with Gasteiger partial charge in [-0.25, -0.2) is 4.79 Å². The lowest BCUT2D eigenvalue weighted by Gasteiger charge is -2.17. The van der Waals surface area contributed by atoms with Gasteiger partial charge in [-0.1, -0.05) is 48.0 Å². The molecular weight excluding hydrogens is 342 g/mol. The smallest absolute Gasteiger partial charge is 0.328 e. The molecule has 0 bridgehead atoms. The number of benzene rings is 2. The Labute approximate surface area is 151 Å². The van der Waals surface area contributed by atoms with Crippen LogP contribution in [0, 0.1) is 0 Å². The summed E-state index contributed by atoms with van der Waals surface area (Å²) in [6.07, 6.45) is 0.350. The number of nitrogens with one attached hydrogen (secondary N) is 1. The molecule has 0 fully saturated rings. The predicted molar refractivity (Wildman–Crippen MR) is 95.7 cm³/mol. The van der Waals surface area contributed by atoms with Crippen LogP contribution in [0.3, 0.4) is 0 Å². The number of carbonyl (C=O) groups excluding carboxylic acids is 2. The molecular formula is C19H20ClNO4. The Morgan fingerprint density at radius 2 is 1.88 bits per heavy atom. The average Bonchev–Trinajstić information content (AvgIpc) is 2.60. The fourth-order valence-electron chi connectivity index (χ4n) is 2.23. The molecule has 0 saturated heterocycles. The number of esters is 1. The summed E-state index contributed by atoms with van der Waals surface area (Å²) in [6.45, 7) is 1.76. The van der Waals surface area contributed by atoms with E-state index in [0.29, 0.717) is 17.2 Å². The summed E-state index contributed by atoms with van der Waals surface area (Å²) in [5.41, 5.74) is 0.927. The van der Waals surface area contributed by atoms with E-state index in [1.54, 1.807) is 31.2 Å². The molecule has 0 spiro atoms. The van der Waals surface area contributed by atoms with Crippen LogP contribution in [0.5, 0.6) is 5.75 Å². The van der Waals surface area contributed by atoms with Crippen molar-refractivity contribution in [1.29, 1.82) is 0 Å². The quantitative estimate of drug-likeness (QED) is 0.734. The third-order valence-corrected chi connectivity index (χ3v) is 3.59. The van der Waals surface area contributed by atoms with Crippen LogP contribution in [-0.4, -0.2) is 31.1 Å². The maximum absolute atomic E-state index is 12.1. The summed E-state index contributed by atoms with van der Waals surface area (Å²) in [5.74, 6) is -0.394. The Hall–Kier alpha value is -2.53. The molecule has 1 N–H and O–H groups in total. The van der Waals surface area contributed by atoms with Crippen LogP contribution < -0.4 is 10.1 Å². The minimum Gasteiger partial charge on any atom is -0.484 e. The Morgan fingerprint density at radius 1 is 1.12 bits per heavy atom. The fourth-order valence-corrected chi connectivity index (χ4v) is 2.41. The van der Waals surface area contributed by atoms with Gasteiger partial charge in [-0.2, -0.15) is 0 Å². The highest BCUT2D eigenvalue weighted by Crippen LogP contribution is 2.16. The lowest BCUT2D eigenvalue weighted by atomic mass is 10.1. The van der Waals surface area contributed by atoms with E-state index in [-0.39, 0.29) is 13.2 Å². The molecule has 2 aromatic rings. The number of carbonyl (C=O) groups is 2. The van der Waals surface area contributed by atoms with Gasteiger partial charge in [0.2, 0.25) is 0 Å². The van der Waals surface area contributed by atoms with E-state index in [2.05, 4.69) is 5.32 Å². The van der Waals surface area contributed by atoms with Crippen LogP contribution >= 0.6 is 11.6 Å². The molecule has 2 rings (SSSR count). The van der Waals surface area contributed by atoms with E-state index in [9.17, 15) is 9.59 Å². The number of ether oxygens (including phenoxy) is 2. The van der Waals surface area contributed by atoms with Gasteiger partial charge in [0.1, 0.15) is 11.8 Å². The Bertz CT molecular complexity index is 706. The van der Waals surface area contributed by atoms with Crippen molar-refractivity contribution in [1.82, 2.24) is 5.32 Å². The monoisotopic (exact) mass is 361 g/mol. The van der Waals surface area contributed by atoms with Crippen LogP contribution in [0.1, 0.15) is 12.5 Å². The van der Waals surface area contributed by atoms with Crippen LogP contribution in [0.15, 0.2) is 54.6 Å². The second-order valence-electron chi connectivity index (χ2n) is 5.31. The van der Waals surface area contributed by atoms with E-state index >= 15 is 0 Å². The van der Waals surface area contributed by atoms with E-state index < -0.39 is 17.9 Å². The molecule has 0 aliphatic carbocycles.